The number of Topliss-reactive ketones (excluding diaryl/α,β-unsaturated/α-hetero) is 1. The fourth-order valence-electron chi connectivity index (χ4n) is 2.90. The molecule has 0 aromatic heterocycles. The van der Waals surface area contributed by atoms with Gasteiger partial charge in [-0.3, -0.25) is 9.59 Å². The predicted molar refractivity (Wildman–Crippen MR) is 120 cm³/mol. The van der Waals surface area contributed by atoms with Gasteiger partial charge >= 0.3 is 0 Å². The topological polar surface area (TPSA) is 74.8 Å². The maximum Gasteiger partial charge on any atom is 0.242 e. The lowest BCUT2D eigenvalue weighted by Gasteiger charge is -2.20. The fraction of sp³-hybridized carbons (Fsp3) is 0.364. The third-order valence-corrected chi connectivity index (χ3v) is 7.45. The lowest BCUT2D eigenvalue weighted by atomic mass is 10.2. The van der Waals surface area contributed by atoms with E-state index in [1.807, 2.05) is 30.5 Å². The van der Waals surface area contributed by atoms with Crippen molar-refractivity contribution in [1.29, 1.82) is 0 Å². The fourth-order valence-corrected chi connectivity index (χ4v) is 4.52. The van der Waals surface area contributed by atoms with E-state index in [-0.39, 0.29) is 29.6 Å². The molecule has 0 aliphatic rings. The van der Waals surface area contributed by atoms with Gasteiger partial charge < -0.3 is 4.90 Å². The molecule has 0 N–H and O–H groups in total. The van der Waals surface area contributed by atoms with Crippen LogP contribution in [0.5, 0.6) is 0 Å². The normalized spacial score (nSPS) is 11.5. The molecule has 0 radical (unpaired) electrons. The van der Waals surface area contributed by atoms with Crippen LogP contribution in [0.3, 0.4) is 0 Å². The summed E-state index contributed by atoms with van der Waals surface area (Å²) in [6.45, 7) is 2.19. The summed E-state index contributed by atoms with van der Waals surface area (Å²) >= 11 is 1.67. The minimum Gasteiger partial charge on any atom is -0.341 e. The van der Waals surface area contributed by atoms with Gasteiger partial charge in [0.1, 0.15) is 0 Å². The van der Waals surface area contributed by atoms with Gasteiger partial charge in [0.2, 0.25) is 15.9 Å². The van der Waals surface area contributed by atoms with Crippen molar-refractivity contribution in [3.63, 3.8) is 0 Å². The molecule has 0 heterocycles. The lowest BCUT2D eigenvalue weighted by Crippen LogP contribution is -2.30. The van der Waals surface area contributed by atoms with Crippen LogP contribution in [0.15, 0.2) is 58.3 Å². The van der Waals surface area contributed by atoms with Crippen molar-refractivity contribution in [2.75, 3.05) is 26.9 Å². The summed E-state index contributed by atoms with van der Waals surface area (Å²) in [6, 6.07) is 14.0. The Kier molecular flexibility index (Phi) is 8.64. The zero-order valence-corrected chi connectivity index (χ0v) is 19.4. The van der Waals surface area contributed by atoms with E-state index >= 15 is 0 Å². The number of nitrogens with zero attached hydrogens (tertiary/aromatic N) is 2. The Labute approximate surface area is 183 Å². The van der Waals surface area contributed by atoms with Crippen LogP contribution in [0.25, 0.3) is 0 Å². The molecule has 0 spiro atoms. The lowest BCUT2D eigenvalue weighted by molar-refractivity contribution is -0.130. The van der Waals surface area contributed by atoms with Gasteiger partial charge in [-0.25, -0.2) is 12.7 Å². The van der Waals surface area contributed by atoms with Crippen LogP contribution in [-0.2, 0) is 21.4 Å². The van der Waals surface area contributed by atoms with E-state index < -0.39 is 10.0 Å². The Morgan fingerprint density at radius 2 is 1.57 bits per heavy atom. The minimum absolute atomic E-state index is 0.0273. The zero-order valence-electron chi connectivity index (χ0n) is 17.8. The number of thioether (sulfide) groups is 1. The van der Waals surface area contributed by atoms with E-state index in [0.29, 0.717) is 18.5 Å². The van der Waals surface area contributed by atoms with Crippen molar-refractivity contribution in [1.82, 2.24) is 9.21 Å². The SMILES string of the molecule is CSc1ccc(CN(C)C(=O)CCCN(C)S(=O)(=O)c2ccc(C(C)=O)cc2)cc1. The van der Waals surface area contributed by atoms with Gasteiger partial charge in [0, 0.05) is 44.1 Å². The Morgan fingerprint density at radius 3 is 2.10 bits per heavy atom. The largest absolute Gasteiger partial charge is 0.341 e. The van der Waals surface area contributed by atoms with E-state index in [9.17, 15) is 18.0 Å². The molecule has 162 valence electrons. The van der Waals surface area contributed by atoms with Crippen molar-refractivity contribution in [2.45, 2.75) is 36.1 Å². The number of carbonyl (C=O) groups excluding carboxylic acids is 2. The van der Waals surface area contributed by atoms with Crippen molar-refractivity contribution < 1.29 is 18.0 Å². The third kappa shape index (κ3) is 6.42. The highest BCUT2D eigenvalue weighted by molar-refractivity contribution is 7.98. The molecule has 0 saturated carbocycles. The smallest absolute Gasteiger partial charge is 0.242 e. The summed E-state index contributed by atoms with van der Waals surface area (Å²) in [4.78, 5) is 26.7. The minimum atomic E-state index is -3.66. The van der Waals surface area contributed by atoms with Crippen molar-refractivity contribution in [3.8, 4) is 0 Å². The van der Waals surface area contributed by atoms with E-state index in [0.717, 1.165) is 5.56 Å². The average Bonchev–Trinajstić information content (AvgIpc) is 2.74. The number of ketones is 1. The third-order valence-electron chi connectivity index (χ3n) is 4.84. The number of hydrogen-bond acceptors (Lipinski definition) is 5. The Bertz CT molecular complexity index is 971. The molecule has 0 bridgehead atoms. The monoisotopic (exact) mass is 448 g/mol. The maximum atomic E-state index is 12.7. The predicted octanol–water partition coefficient (Wildman–Crippen LogP) is 3.67. The van der Waals surface area contributed by atoms with E-state index in [4.69, 9.17) is 0 Å². The highest BCUT2D eigenvalue weighted by Crippen LogP contribution is 2.17. The van der Waals surface area contributed by atoms with Gasteiger partial charge in [-0.2, -0.15) is 0 Å². The number of benzene rings is 2. The Morgan fingerprint density at radius 1 is 0.967 bits per heavy atom. The highest BCUT2D eigenvalue weighted by Gasteiger charge is 2.21. The summed E-state index contributed by atoms with van der Waals surface area (Å²) in [5.74, 6) is -0.143. The molecule has 0 aliphatic carbocycles. The zero-order chi connectivity index (χ0) is 22.3. The Balaban J connectivity index is 1.86. The second-order valence-electron chi connectivity index (χ2n) is 7.11. The average molecular weight is 449 g/mol. The standard InChI is InChI=1S/C22H28N2O4S2/c1-17(25)19-9-13-21(14-10-19)30(27,28)24(3)15-5-6-22(26)23(2)16-18-7-11-20(29-4)12-8-18/h7-14H,5-6,15-16H2,1-4H3. The second kappa shape index (κ2) is 10.7. The molecule has 0 fully saturated rings. The van der Waals surface area contributed by atoms with Crippen molar-refractivity contribution >= 4 is 33.5 Å². The van der Waals surface area contributed by atoms with Crippen molar-refractivity contribution in [3.05, 3.63) is 59.7 Å². The van der Waals surface area contributed by atoms with Gasteiger partial charge in [-0.15, -0.1) is 11.8 Å². The molecular formula is C22H28N2O4S2. The number of sulfonamides is 1. The van der Waals surface area contributed by atoms with Crippen LogP contribution < -0.4 is 0 Å². The number of carbonyl (C=O) groups is 2. The molecule has 6 nitrogen and oxygen atoms in total. The van der Waals surface area contributed by atoms with Crippen molar-refractivity contribution in [2.24, 2.45) is 0 Å². The van der Waals surface area contributed by atoms with Gasteiger partial charge in [-0.05, 0) is 49.4 Å². The summed E-state index contributed by atoms with van der Waals surface area (Å²) < 4.78 is 26.6. The summed E-state index contributed by atoms with van der Waals surface area (Å²) in [5.41, 5.74) is 1.52. The number of amides is 1. The molecule has 2 aromatic rings. The Hall–Kier alpha value is -2.16. The molecule has 8 heteroatoms. The van der Waals surface area contributed by atoms with Gasteiger partial charge in [0.05, 0.1) is 4.90 Å². The van der Waals surface area contributed by atoms with Gasteiger partial charge in [-0.1, -0.05) is 24.3 Å². The molecule has 0 atom stereocenters. The molecule has 1 amide bonds. The first-order valence-corrected chi connectivity index (χ1v) is 12.3. The molecule has 0 aliphatic heterocycles. The van der Waals surface area contributed by atoms with Crippen LogP contribution in [-0.4, -0.2) is 56.2 Å². The quantitative estimate of drug-likeness (QED) is 0.410. The van der Waals surface area contributed by atoms with E-state index in [2.05, 4.69) is 0 Å². The summed E-state index contributed by atoms with van der Waals surface area (Å²) in [6.07, 6.45) is 2.71. The van der Waals surface area contributed by atoms with Crippen LogP contribution in [0.1, 0.15) is 35.7 Å². The number of hydrogen-bond donors (Lipinski definition) is 0. The van der Waals surface area contributed by atoms with E-state index in [1.54, 1.807) is 23.7 Å². The summed E-state index contributed by atoms with van der Waals surface area (Å²) in [7, 11) is -0.412. The van der Waals surface area contributed by atoms with Gasteiger partial charge in [0.15, 0.2) is 5.78 Å². The molecular weight excluding hydrogens is 420 g/mol. The molecule has 30 heavy (non-hydrogen) atoms. The first kappa shape index (κ1) is 24.1. The molecule has 0 unspecified atom stereocenters. The number of rotatable bonds is 10. The van der Waals surface area contributed by atoms with Crippen LogP contribution >= 0.6 is 11.8 Å². The maximum absolute atomic E-state index is 12.7. The van der Waals surface area contributed by atoms with Crippen LogP contribution in [0.2, 0.25) is 0 Å². The van der Waals surface area contributed by atoms with Gasteiger partial charge in [0.25, 0.3) is 0 Å². The first-order valence-electron chi connectivity index (χ1n) is 9.59. The van der Waals surface area contributed by atoms with Crippen LogP contribution in [0.4, 0.5) is 0 Å². The molecule has 2 aromatic carbocycles. The van der Waals surface area contributed by atoms with Crippen LogP contribution in [0, 0.1) is 0 Å². The second-order valence-corrected chi connectivity index (χ2v) is 10.0. The van der Waals surface area contributed by atoms with E-state index in [1.165, 1.54) is 47.4 Å². The summed E-state index contributed by atoms with van der Waals surface area (Å²) in [5, 5.41) is 0. The highest BCUT2D eigenvalue weighted by atomic mass is 32.2. The first-order chi connectivity index (χ1) is 14.1. The molecule has 0 saturated heterocycles. The molecule has 2 rings (SSSR count).